The average molecular weight is 248 g/mol. The number of ether oxygens (including phenoxy) is 2. The summed E-state index contributed by atoms with van der Waals surface area (Å²) >= 11 is 0. The summed E-state index contributed by atoms with van der Waals surface area (Å²) in [5.74, 6) is 0.447. The first kappa shape index (κ1) is 12.6. The Kier molecular flexibility index (Phi) is 3.11. The number of rotatable bonds is 3. The zero-order valence-electron chi connectivity index (χ0n) is 10.8. The smallest absolute Gasteiger partial charge is 0.317 e. The average Bonchev–Trinajstić information content (AvgIpc) is 2.34. The lowest BCUT2D eigenvalue weighted by Gasteiger charge is -2.38. The summed E-state index contributed by atoms with van der Waals surface area (Å²) in [6, 6.07) is 5.57. The van der Waals surface area contributed by atoms with Gasteiger partial charge >= 0.3 is 5.97 Å². The highest BCUT2D eigenvalue weighted by Crippen LogP contribution is 2.43. The van der Waals surface area contributed by atoms with Gasteiger partial charge in [0.2, 0.25) is 0 Å². The Morgan fingerprint density at radius 1 is 1.28 bits per heavy atom. The molecule has 0 N–H and O–H groups in total. The lowest BCUT2D eigenvalue weighted by Crippen LogP contribution is -2.49. The van der Waals surface area contributed by atoms with Crippen LogP contribution in [0.4, 0.5) is 0 Å². The first-order valence-electron chi connectivity index (χ1n) is 5.79. The van der Waals surface area contributed by atoms with Gasteiger partial charge < -0.3 is 9.47 Å². The van der Waals surface area contributed by atoms with Gasteiger partial charge in [0.15, 0.2) is 0 Å². The molecule has 4 heteroatoms. The summed E-state index contributed by atoms with van der Waals surface area (Å²) in [4.78, 5) is 23.2. The summed E-state index contributed by atoms with van der Waals surface area (Å²) in [5.41, 5.74) is 0.968. The van der Waals surface area contributed by atoms with Gasteiger partial charge in [0, 0.05) is 12.8 Å². The van der Waals surface area contributed by atoms with E-state index in [0.717, 1.165) is 16.9 Å². The monoisotopic (exact) mass is 248 g/mol. The molecule has 96 valence electrons. The van der Waals surface area contributed by atoms with Crippen LogP contribution in [-0.2, 0) is 19.7 Å². The van der Waals surface area contributed by atoms with Crippen molar-refractivity contribution in [3.05, 3.63) is 29.3 Å². The van der Waals surface area contributed by atoms with Crippen molar-refractivity contribution in [3.63, 3.8) is 0 Å². The molecule has 1 aromatic rings. The summed E-state index contributed by atoms with van der Waals surface area (Å²) in [6.45, 7) is 1.93. The molecule has 18 heavy (non-hydrogen) atoms. The van der Waals surface area contributed by atoms with Crippen LogP contribution in [0, 0.1) is 6.92 Å². The molecule has 0 unspecified atom stereocenters. The number of ketones is 1. The van der Waals surface area contributed by atoms with Gasteiger partial charge in [-0.25, -0.2) is 0 Å². The van der Waals surface area contributed by atoms with Crippen molar-refractivity contribution >= 4 is 11.8 Å². The summed E-state index contributed by atoms with van der Waals surface area (Å²) in [5, 5.41) is 0. The molecule has 0 aliphatic heterocycles. The largest absolute Gasteiger partial charge is 0.496 e. The SMILES string of the molecule is COC(=O)C1(c2ccc(C)c(OC)c2)CC(=O)C1. The normalized spacial score (nSPS) is 16.9. The highest BCUT2D eigenvalue weighted by molar-refractivity contribution is 6.02. The highest BCUT2D eigenvalue weighted by Gasteiger charge is 2.52. The van der Waals surface area contributed by atoms with E-state index in [0.29, 0.717) is 0 Å². The molecular weight excluding hydrogens is 232 g/mol. The van der Waals surface area contributed by atoms with Crippen molar-refractivity contribution < 1.29 is 19.1 Å². The maximum Gasteiger partial charge on any atom is 0.317 e. The van der Waals surface area contributed by atoms with E-state index in [4.69, 9.17) is 9.47 Å². The van der Waals surface area contributed by atoms with Crippen LogP contribution in [0.1, 0.15) is 24.0 Å². The minimum atomic E-state index is -0.813. The van der Waals surface area contributed by atoms with Gasteiger partial charge in [0.1, 0.15) is 16.9 Å². The van der Waals surface area contributed by atoms with Gasteiger partial charge in [-0.3, -0.25) is 9.59 Å². The molecule has 4 nitrogen and oxygen atoms in total. The molecule has 2 rings (SSSR count). The van der Waals surface area contributed by atoms with Gasteiger partial charge in [-0.1, -0.05) is 12.1 Å². The van der Waals surface area contributed by atoms with Crippen LogP contribution in [0.25, 0.3) is 0 Å². The molecule has 0 saturated heterocycles. The van der Waals surface area contributed by atoms with Crippen molar-refractivity contribution in [2.24, 2.45) is 0 Å². The van der Waals surface area contributed by atoms with Crippen molar-refractivity contribution in [3.8, 4) is 5.75 Å². The quantitative estimate of drug-likeness (QED) is 0.765. The predicted molar refractivity (Wildman–Crippen MR) is 65.7 cm³/mol. The zero-order chi connectivity index (χ0) is 13.3. The van der Waals surface area contributed by atoms with Gasteiger partial charge in [-0.2, -0.15) is 0 Å². The third kappa shape index (κ3) is 1.78. The van der Waals surface area contributed by atoms with E-state index in [1.165, 1.54) is 7.11 Å². The van der Waals surface area contributed by atoms with Crippen LogP contribution >= 0.6 is 0 Å². The Morgan fingerprint density at radius 3 is 2.44 bits per heavy atom. The van der Waals surface area contributed by atoms with Crippen molar-refractivity contribution in [2.45, 2.75) is 25.2 Å². The number of aryl methyl sites for hydroxylation is 1. The number of Topliss-reactive ketones (excluding diaryl/α,β-unsaturated/α-hetero) is 1. The number of hydrogen-bond acceptors (Lipinski definition) is 4. The van der Waals surface area contributed by atoms with Gasteiger partial charge in [0.05, 0.1) is 14.2 Å². The molecule has 0 atom stereocenters. The third-order valence-corrected chi connectivity index (χ3v) is 3.53. The van der Waals surface area contributed by atoms with Crippen LogP contribution in [0.2, 0.25) is 0 Å². The van der Waals surface area contributed by atoms with E-state index in [2.05, 4.69) is 0 Å². The Balaban J connectivity index is 2.44. The third-order valence-electron chi connectivity index (χ3n) is 3.53. The van der Waals surface area contributed by atoms with Crippen molar-refractivity contribution in [1.29, 1.82) is 0 Å². The van der Waals surface area contributed by atoms with Crippen LogP contribution in [-0.4, -0.2) is 26.0 Å². The van der Waals surface area contributed by atoms with Crippen molar-refractivity contribution in [2.75, 3.05) is 14.2 Å². The van der Waals surface area contributed by atoms with E-state index >= 15 is 0 Å². The van der Waals surface area contributed by atoms with Crippen LogP contribution < -0.4 is 4.74 Å². The van der Waals surface area contributed by atoms with Gasteiger partial charge in [-0.15, -0.1) is 0 Å². The molecule has 1 aromatic carbocycles. The fraction of sp³-hybridized carbons (Fsp3) is 0.429. The number of carbonyl (C=O) groups is 2. The lowest BCUT2D eigenvalue weighted by molar-refractivity contribution is -0.156. The summed E-state index contributed by atoms with van der Waals surface area (Å²) in [7, 11) is 2.93. The molecule has 0 heterocycles. The minimum absolute atomic E-state index is 0.0833. The number of benzene rings is 1. The summed E-state index contributed by atoms with van der Waals surface area (Å²) < 4.78 is 10.1. The highest BCUT2D eigenvalue weighted by atomic mass is 16.5. The second-order valence-electron chi connectivity index (χ2n) is 4.65. The van der Waals surface area contributed by atoms with Crippen LogP contribution in [0.5, 0.6) is 5.75 Å². The summed E-state index contributed by atoms with van der Waals surface area (Å²) in [6.07, 6.45) is 0.428. The minimum Gasteiger partial charge on any atom is -0.496 e. The Bertz CT molecular complexity index is 497. The second-order valence-corrected chi connectivity index (χ2v) is 4.65. The maximum atomic E-state index is 11.9. The van der Waals surface area contributed by atoms with E-state index < -0.39 is 5.41 Å². The molecule has 0 bridgehead atoms. The van der Waals surface area contributed by atoms with Crippen molar-refractivity contribution in [1.82, 2.24) is 0 Å². The molecule has 0 spiro atoms. The Morgan fingerprint density at radius 2 is 1.94 bits per heavy atom. The molecule has 0 radical (unpaired) electrons. The van der Waals surface area contributed by atoms with E-state index in [1.54, 1.807) is 7.11 Å². The fourth-order valence-corrected chi connectivity index (χ4v) is 2.40. The first-order chi connectivity index (χ1) is 8.53. The molecule has 0 amide bonds. The van der Waals surface area contributed by atoms with E-state index in [-0.39, 0.29) is 24.6 Å². The molecule has 1 aliphatic carbocycles. The van der Waals surface area contributed by atoms with Gasteiger partial charge in [-0.05, 0) is 24.1 Å². The van der Waals surface area contributed by atoms with E-state index in [9.17, 15) is 9.59 Å². The lowest BCUT2D eigenvalue weighted by atomic mass is 9.63. The molecule has 1 aliphatic rings. The van der Waals surface area contributed by atoms with Gasteiger partial charge in [0.25, 0.3) is 0 Å². The maximum absolute atomic E-state index is 11.9. The van der Waals surface area contributed by atoms with Crippen LogP contribution in [0.15, 0.2) is 18.2 Å². The Labute approximate surface area is 106 Å². The number of hydrogen-bond donors (Lipinski definition) is 0. The first-order valence-corrected chi connectivity index (χ1v) is 5.79. The fourth-order valence-electron chi connectivity index (χ4n) is 2.40. The molecule has 1 saturated carbocycles. The zero-order valence-corrected chi connectivity index (χ0v) is 10.8. The molecule has 0 aromatic heterocycles. The number of carbonyl (C=O) groups excluding carboxylic acids is 2. The molecule has 1 fully saturated rings. The molecular formula is C14H16O4. The van der Waals surface area contributed by atoms with E-state index in [1.807, 2.05) is 25.1 Å². The number of esters is 1. The van der Waals surface area contributed by atoms with Crippen LogP contribution in [0.3, 0.4) is 0 Å². The predicted octanol–water partition coefficient (Wildman–Crippen LogP) is 1.78. The number of methoxy groups -OCH3 is 2. The Hall–Kier alpha value is -1.84. The standard InChI is InChI=1S/C14H16O4/c1-9-4-5-10(6-12(9)17-2)14(13(16)18-3)7-11(15)8-14/h4-6H,7-8H2,1-3H3. The second kappa shape index (κ2) is 4.44. The topological polar surface area (TPSA) is 52.6 Å².